The van der Waals surface area contributed by atoms with Gasteiger partial charge >= 0.3 is 13.1 Å². The normalized spacial score (nSPS) is 17.3. The second-order valence-corrected chi connectivity index (χ2v) is 8.62. The molecule has 0 fully saturated rings. The number of aromatic nitrogens is 3. The molecule has 0 N–H and O–H groups in total. The highest BCUT2D eigenvalue weighted by atomic mass is 19.5. The molecule has 3 aromatic carbocycles. The van der Waals surface area contributed by atoms with Crippen molar-refractivity contribution in [2.75, 3.05) is 0 Å². The summed E-state index contributed by atoms with van der Waals surface area (Å²) in [5, 5.41) is 4.93. The van der Waals surface area contributed by atoms with Gasteiger partial charge in [-0.3, -0.25) is 0 Å². The molecule has 4 aromatic rings. The van der Waals surface area contributed by atoms with Gasteiger partial charge < -0.3 is 22.0 Å². The standard InChI is InChI=1S/C26H26N3O.BF4/c1-18-14-19(2)24(20(3)15-18)29-17-28-23(27-29)16-30-26(22-12-8-5-9-13-22)25(28)21-10-6-4-7-11-21;2-1(3,4)5/h4-15,17,25-26H,16H2,1-3H3;/q+1;-1/t25-,26+;/m1./s1. The largest absolute Gasteiger partial charge is 0.673 e. The summed E-state index contributed by atoms with van der Waals surface area (Å²) in [6.45, 7) is 6.92. The van der Waals surface area contributed by atoms with E-state index < -0.39 is 7.25 Å². The van der Waals surface area contributed by atoms with Crippen LogP contribution in [0.4, 0.5) is 17.3 Å². The van der Waals surface area contributed by atoms with E-state index in [1.165, 1.54) is 27.8 Å². The Hall–Kier alpha value is -3.46. The Morgan fingerprint density at radius 3 is 1.91 bits per heavy atom. The topological polar surface area (TPSA) is 30.9 Å². The Morgan fingerprint density at radius 1 is 0.857 bits per heavy atom. The Kier molecular flexibility index (Phi) is 7.07. The van der Waals surface area contributed by atoms with Crippen LogP contribution in [0.1, 0.15) is 45.8 Å². The molecule has 0 amide bonds. The van der Waals surface area contributed by atoms with Crippen LogP contribution in [0, 0.1) is 20.8 Å². The van der Waals surface area contributed by atoms with Crippen molar-refractivity contribution in [2.45, 2.75) is 39.5 Å². The third-order valence-electron chi connectivity index (χ3n) is 5.87. The first-order valence-corrected chi connectivity index (χ1v) is 11.3. The summed E-state index contributed by atoms with van der Waals surface area (Å²) in [5.41, 5.74) is 7.27. The van der Waals surface area contributed by atoms with Crippen LogP contribution < -0.4 is 4.57 Å². The molecule has 2 atom stereocenters. The van der Waals surface area contributed by atoms with Crippen molar-refractivity contribution in [3.8, 4) is 5.69 Å². The van der Waals surface area contributed by atoms with Gasteiger partial charge in [0.1, 0.15) is 24.4 Å². The Bertz CT molecular complexity index is 1260. The lowest BCUT2D eigenvalue weighted by Gasteiger charge is -2.30. The molecule has 182 valence electrons. The maximum atomic E-state index is 9.75. The van der Waals surface area contributed by atoms with E-state index in [0.717, 1.165) is 11.5 Å². The molecule has 9 heteroatoms. The summed E-state index contributed by atoms with van der Waals surface area (Å²) in [5.74, 6) is 0.940. The molecule has 0 bridgehead atoms. The number of ether oxygens (including phenoxy) is 1. The zero-order valence-electron chi connectivity index (χ0n) is 19.7. The molecule has 0 saturated heterocycles. The fraction of sp³-hybridized carbons (Fsp3) is 0.231. The zero-order valence-corrected chi connectivity index (χ0v) is 19.7. The van der Waals surface area contributed by atoms with Gasteiger partial charge in [-0.2, -0.15) is 0 Å². The highest BCUT2D eigenvalue weighted by molar-refractivity contribution is 6.50. The predicted octanol–water partition coefficient (Wildman–Crippen LogP) is 6.25. The summed E-state index contributed by atoms with van der Waals surface area (Å²) in [4.78, 5) is 0. The van der Waals surface area contributed by atoms with E-state index in [4.69, 9.17) is 9.84 Å². The van der Waals surface area contributed by atoms with Gasteiger partial charge in [-0.15, -0.1) is 0 Å². The van der Waals surface area contributed by atoms with E-state index in [1.807, 2.05) is 10.7 Å². The fourth-order valence-electron chi connectivity index (χ4n) is 4.67. The molecule has 0 aliphatic carbocycles. The third-order valence-corrected chi connectivity index (χ3v) is 5.87. The van der Waals surface area contributed by atoms with Gasteiger partial charge in [0.2, 0.25) is 6.33 Å². The lowest BCUT2D eigenvalue weighted by molar-refractivity contribution is -0.742. The summed E-state index contributed by atoms with van der Waals surface area (Å²) in [6.07, 6.45) is 2.07. The number of fused-ring (bicyclic) bond motifs is 1. The lowest BCUT2D eigenvalue weighted by Crippen LogP contribution is -2.49. The van der Waals surface area contributed by atoms with Crippen molar-refractivity contribution < 1.29 is 26.6 Å². The van der Waals surface area contributed by atoms with E-state index in [0.29, 0.717) is 6.61 Å². The van der Waals surface area contributed by atoms with Crippen molar-refractivity contribution >= 4 is 7.25 Å². The SMILES string of the molecule is Cc1cc(C)c(-n2c[n+]3c(n2)CO[C@@H](c2ccccc2)[C@H]3c2ccccc2)c(C)c1.F[B-](F)(F)F. The molecule has 0 radical (unpaired) electrons. The van der Waals surface area contributed by atoms with Gasteiger partial charge in [0.25, 0.3) is 0 Å². The van der Waals surface area contributed by atoms with Crippen LogP contribution in [-0.4, -0.2) is 17.0 Å². The second kappa shape index (κ2) is 10.0. The van der Waals surface area contributed by atoms with Crippen LogP contribution in [-0.2, 0) is 11.3 Å². The van der Waals surface area contributed by atoms with Crippen LogP contribution >= 0.6 is 0 Å². The van der Waals surface area contributed by atoms with E-state index in [2.05, 4.69) is 98.4 Å². The maximum absolute atomic E-state index is 9.75. The van der Waals surface area contributed by atoms with Gasteiger partial charge in [-0.1, -0.05) is 83.0 Å². The molecule has 2 heterocycles. The Labute approximate surface area is 201 Å². The zero-order chi connectivity index (χ0) is 25.2. The van der Waals surface area contributed by atoms with Crippen LogP contribution in [0.3, 0.4) is 0 Å². The summed E-state index contributed by atoms with van der Waals surface area (Å²) >= 11 is 0. The number of rotatable bonds is 3. The quantitative estimate of drug-likeness (QED) is 0.196. The first-order chi connectivity index (χ1) is 16.6. The minimum atomic E-state index is -6.00. The van der Waals surface area contributed by atoms with Crippen molar-refractivity contribution in [3.63, 3.8) is 0 Å². The molecule has 1 aliphatic rings. The summed E-state index contributed by atoms with van der Waals surface area (Å²) < 4.78 is 49.7. The number of aryl methyl sites for hydroxylation is 3. The minimum absolute atomic E-state index is 0.0251. The molecular weight excluding hydrogens is 457 g/mol. The monoisotopic (exact) mass is 483 g/mol. The molecule has 0 unspecified atom stereocenters. The summed E-state index contributed by atoms with van der Waals surface area (Å²) in [7, 11) is -6.00. The Morgan fingerprint density at radius 2 is 1.37 bits per heavy atom. The van der Waals surface area contributed by atoms with Crippen molar-refractivity contribution in [1.82, 2.24) is 9.78 Å². The van der Waals surface area contributed by atoms with E-state index >= 15 is 0 Å². The van der Waals surface area contributed by atoms with Gasteiger partial charge in [-0.25, -0.2) is 4.57 Å². The van der Waals surface area contributed by atoms with Crippen LogP contribution in [0.5, 0.6) is 0 Å². The van der Waals surface area contributed by atoms with Gasteiger partial charge in [0.05, 0.1) is 0 Å². The number of benzene rings is 3. The second-order valence-electron chi connectivity index (χ2n) is 8.62. The molecule has 5 rings (SSSR count). The highest BCUT2D eigenvalue weighted by Crippen LogP contribution is 2.35. The van der Waals surface area contributed by atoms with Crippen LogP contribution in [0.2, 0.25) is 0 Å². The molecule has 4 nitrogen and oxygen atoms in total. The number of hydrogen-bond donors (Lipinski definition) is 0. The lowest BCUT2D eigenvalue weighted by atomic mass is 9.94. The highest BCUT2D eigenvalue weighted by Gasteiger charge is 2.39. The Balaban J connectivity index is 0.000000527. The van der Waals surface area contributed by atoms with Crippen LogP contribution in [0.25, 0.3) is 5.69 Å². The smallest absolute Gasteiger partial charge is 0.418 e. The predicted molar refractivity (Wildman–Crippen MR) is 127 cm³/mol. The van der Waals surface area contributed by atoms with Crippen molar-refractivity contribution in [2.24, 2.45) is 0 Å². The van der Waals surface area contributed by atoms with Gasteiger partial charge in [0, 0.05) is 5.10 Å². The third kappa shape index (κ3) is 5.79. The molecule has 35 heavy (non-hydrogen) atoms. The van der Waals surface area contributed by atoms with E-state index in [1.54, 1.807) is 0 Å². The molecule has 0 spiro atoms. The minimum Gasteiger partial charge on any atom is -0.418 e. The number of halogens is 4. The first-order valence-electron chi connectivity index (χ1n) is 11.3. The van der Waals surface area contributed by atoms with Gasteiger partial charge in [-0.05, 0) is 43.0 Å². The molecule has 0 saturated carbocycles. The number of nitrogens with zero attached hydrogens (tertiary/aromatic N) is 3. The first kappa shape index (κ1) is 24.7. The fourth-order valence-corrected chi connectivity index (χ4v) is 4.67. The average molecular weight is 483 g/mol. The van der Waals surface area contributed by atoms with E-state index in [9.17, 15) is 17.3 Å². The average Bonchev–Trinajstić information content (AvgIpc) is 3.21. The molecule has 1 aromatic heterocycles. The van der Waals surface area contributed by atoms with Crippen molar-refractivity contribution in [1.29, 1.82) is 0 Å². The molecular formula is C26H26BF4N3O. The summed E-state index contributed by atoms with van der Waals surface area (Å²) in [6, 6.07) is 25.5. The number of hydrogen-bond acceptors (Lipinski definition) is 2. The molecule has 1 aliphatic heterocycles. The van der Waals surface area contributed by atoms with Gasteiger partial charge in [0.15, 0.2) is 0 Å². The maximum Gasteiger partial charge on any atom is 0.673 e. The van der Waals surface area contributed by atoms with Crippen molar-refractivity contribution in [3.05, 3.63) is 113 Å². The van der Waals surface area contributed by atoms with E-state index in [-0.39, 0.29) is 12.1 Å². The van der Waals surface area contributed by atoms with Crippen LogP contribution in [0.15, 0.2) is 79.1 Å².